The molecule has 0 saturated heterocycles. The first-order valence-corrected chi connectivity index (χ1v) is 7.61. The smallest absolute Gasteiger partial charge is 0.231 e. The lowest BCUT2D eigenvalue weighted by molar-refractivity contribution is -0.126. The Morgan fingerprint density at radius 1 is 1.36 bits per heavy atom. The van der Waals surface area contributed by atoms with Gasteiger partial charge < -0.3 is 19.9 Å². The predicted molar refractivity (Wildman–Crippen MR) is 81.6 cm³/mol. The van der Waals surface area contributed by atoms with Crippen molar-refractivity contribution in [2.75, 3.05) is 13.3 Å². The fraction of sp³-hybridized carbons (Fsp3) is 0.471. The molecule has 0 aromatic heterocycles. The summed E-state index contributed by atoms with van der Waals surface area (Å²) in [5, 5.41) is 13.5. The van der Waals surface area contributed by atoms with Gasteiger partial charge in [0.25, 0.3) is 0 Å². The van der Waals surface area contributed by atoms with Crippen molar-refractivity contribution in [3.63, 3.8) is 0 Å². The van der Waals surface area contributed by atoms with Crippen LogP contribution in [0.4, 0.5) is 0 Å². The summed E-state index contributed by atoms with van der Waals surface area (Å²) in [5.41, 5.74) is -0.457. The summed E-state index contributed by atoms with van der Waals surface area (Å²) in [4.78, 5) is 12.2. The van der Waals surface area contributed by atoms with Gasteiger partial charge >= 0.3 is 0 Å². The van der Waals surface area contributed by atoms with E-state index in [0.717, 1.165) is 19.3 Å². The second-order valence-corrected chi connectivity index (χ2v) is 6.04. The van der Waals surface area contributed by atoms with E-state index in [1.54, 1.807) is 25.1 Å². The van der Waals surface area contributed by atoms with Crippen LogP contribution < -0.4 is 14.8 Å². The fourth-order valence-electron chi connectivity index (χ4n) is 2.77. The lowest BCUT2D eigenvalue weighted by Crippen LogP contribution is -2.41. The van der Waals surface area contributed by atoms with E-state index in [2.05, 4.69) is 11.4 Å². The lowest BCUT2D eigenvalue weighted by atomic mass is 9.92. The molecule has 0 spiro atoms. The first-order chi connectivity index (χ1) is 10.6. The summed E-state index contributed by atoms with van der Waals surface area (Å²) in [7, 11) is 0. The van der Waals surface area contributed by atoms with E-state index in [9.17, 15) is 9.90 Å². The first kappa shape index (κ1) is 14.9. The average molecular weight is 303 g/mol. The molecule has 1 aliphatic heterocycles. The van der Waals surface area contributed by atoms with Crippen molar-refractivity contribution >= 4 is 5.91 Å². The molecule has 1 amide bonds. The van der Waals surface area contributed by atoms with Crippen molar-refractivity contribution in [2.45, 2.75) is 31.8 Å². The minimum absolute atomic E-state index is 0.00497. The number of nitrogens with one attached hydrogen (secondary N) is 1. The summed E-state index contributed by atoms with van der Waals surface area (Å²) in [6, 6.07) is 5.33. The Hall–Kier alpha value is -2.01. The van der Waals surface area contributed by atoms with Gasteiger partial charge in [0.1, 0.15) is 5.60 Å². The minimum atomic E-state index is -1.15. The quantitative estimate of drug-likeness (QED) is 0.836. The second-order valence-electron chi connectivity index (χ2n) is 6.04. The van der Waals surface area contributed by atoms with E-state index >= 15 is 0 Å². The van der Waals surface area contributed by atoms with Gasteiger partial charge in [0.15, 0.2) is 11.5 Å². The highest BCUT2D eigenvalue weighted by Crippen LogP contribution is 2.35. The van der Waals surface area contributed by atoms with Crippen LogP contribution >= 0.6 is 0 Å². The van der Waals surface area contributed by atoms with Crippen molar-refractivity contribution in [1.82, 2.24) is 5.32 Å². The molecule has 22 heavy (non-hydrogen) atoms. The second kappa shape index (κ2) is 6.01. The highest BCUT2D eigenvalue weighted by Gasteiger charge is 2.28. The summed E-state index contributed by atoms with van der Waals surface area (Å²) < 4.78 is 10.6. The van der Waals surface area contributed by atoms with Crippen LogP contribution in [0, 0.1) is 5.92 Å². The summed E-state index contributed by atoms with van der Waals surface area (Å²) in [6.07, 6.45) is 6.74. The van der Waals surface area contributed by atoms with Gasteiger partial charge in [-0.1, -0.05) is 18.2 Å². The zero-order valence-electron chi connectivity index (χ0n) is 12.7. The molecule has 0 bridgehead atoms. The maximum atomic E-state index is 12.2. The normalized spacial score (nSPS) is 22.2. The van der Waals surface area contributed by atoms with Gasteiger partial charge in [0.05, 0.1) is 6.54 Å². The van der Waals surface area contributed by atoms with Gasteiger partial charge in [-0.2, -0.15) is 0 Å². The van der Waals surface area contributed by atoms with Crippen molar-refractivity contribution in [3.8, 4) is 11.5 Å². The maximum Gasteiger partial charge on any atom is 0.231 e. The molecule has 1 heterocycles. The van der Waals surface area contributed by atoms with Crippen LogP contribution in [-0.4, -0.2) is 24.4 Å². The van der Waals surface area contributed by atoms with E-state index in [4.69, 9.17) is 9.47 Å². The van der Waals surface area contributed by atoms with Crippen LogP contribution in [0.25, 0.3) is 0 Å². The number of carbonyl (C=O) groups excluding carboxylic acids is 1. The van der Waals surface area contributed by atoms with Gasteiger partial charge in [0, 0.05) is 5.92 Å². The number of benzene rings is 1. The van der Waals surface area contributed by atoms with E-state index in [-0.39, 0.29) is 25.2 Å². The number of hydrogen-bond donors (Lipinski definition) is 2. The molecule has 0 fully saturated rings. The molecule has 0 unspecified atom stereocenters. The molecule has 5 nitrogen and oxygen atoms in total. The van der Waals surface area contributed by atoms with Crippen LogP contribution in [0.15, 0.2) is 30.4 Å². The van der Waals surface area contributed by atoms with Crippen LogP contribution in [0.2, 0.25) is 0 Å². The molecule has 0 saturated carbocycles. The number of hydrogen-bond acceptors (Lipinski definition) is 4. The van der Waals surface area contributed by atoms with E-state index in [1.165, 1.54) is 0 Å². The molecule has 1 aromatic rings. The van der Waals surface area contributed by atoms with Crippen molar-refractivity contribution in [3.05, 3.63) is 35.9 Å². The topological polar surface area (TPSA) is 67.8 Å². The largest absolute Gasteiger partial charge is 0.454 e. The maximum absolute atomic E-state index is 12.2. The zero-order chi connectivity index (χ0) is 15.6. The summed E-state index contributed by atoms with van der Waals surface area (Å²) in [5.74, 6) is 1.32. The van der Waals surface area contributed by atoms with Gasteiger partial charge in [-0.15, -0.1) is 0 Å². The van der Waals surface area contributed by atoms with Crippen LogP contribution in [0.3, 0.4) is 0 Å². The van der Waals surface area contributed by atoms with Gasteiger partial charge in [-0.3, -0.25) is 4.79 Å². The molecule has 5 heteroatoms. The van der Waals surface area contributed by atoms with Gasteiger partial charge in [-0.25, -0.2) is 0 Å². The minimum Gasteiger partial charge on any atom is -0.454 e. The Bertz CT molecular complexity index is 594. The standard InChI is InChI=1S/C17H21NO4/c1-17(20,10-18-16(19)12-5-3-2-4-6-12)13-7-8-14-15(9-13)22-11-21-14/h2-3,7-9,12,20H,4-6,10-11H2,1H3,(H,18,19)/t12-,17-/m0/s1. The number of fused-ring (bicyclic) bond motifs is 1. The SMILES string of the molecule is C[C@](O)(CNC(=O)[C@H]1CC=CCC1)c1ccc2c(c1)OCO2. The van der Waals surface area contributed by atoms with E-state index < -0.39 is 5.60 Å². The number of aliphatic hydroxyl groups is 1. The molecule has 1 aromatic carbocycles. The number of rotatable bonds is 4. The highest BCUT2D eigenvalue weighted by molar-refractivity contribution is 5.79. The Morgan fingerprint density at radius 3 is 2.95 bits per heavy atom. The molecule has 1 aliphatic carbocycles. The summed E-state index contributed by atoms with van der Waals surface area (Å²) in [6.45, 7) is 2.06. The molecular formula is C17H21NO4. The monoisotopic (exact) mass is 303 g/mol. The third-order valence-electron chi connectivity index (χ3n) is 4.24. The van der Waals surface area contributed by atoms with Crippen LogP contribution in [0.1, 0.15) is 31.7 Å². The Labute approximate surface area is 129 Å². The number of ether oxygens (including phenoxy) is 2. The fourth-order valence-corrected chi connectivity index (χ4v) is 2.77. The molecule has 118 valence electrons. The number of amides is 1. The van der Waals surface area contributed by atoms with Gasteiger partial charge in [-0.05, 0) is 43.9 Å². The average Bonchev–Trinajstić information content (AvgIpc) is 3.01. The Balaban J connectivity index is 1.63. The van der Waals surface area contributed by atoms with Crippen molar-refractivity contribution in [1.29, 1.82) is 0 Å². The lowest BCUT2D eigenvalue weighted by Gasteiger charge is -2.26. The predicted octanol–water partition coefficient (Wildman–Crippen LogP) is 2.10. The molecular weight excluding hydrogens is 282 g/mol. The van der Waals surface area contributed by atoms with Gasteiger partial charge in [0.2, 0.25) is 12.7 Å². The summed E-state index contributed by atoms with van der Waals surface area (Å²) >= 11 is 0. The number of carbonyl (C=O) groups is 1. The third kappa shape index (κ3) is 3.09. The van der Waals surface area contributed by atoms with E-state index in [1.807, 2.05) is 6.08 Å². The first-order valence-electron chi connectivity index (χ1n) is 7.61. The molecule has 2 N–H and O–H groups in total. The van der Waals surface area contributed by atoms with Crippen LogP contribution in [0.5, 0.6) is 11.5 Å². The zero-order valence-corrected chi connectivity index (χ0v) is 12.7. The highest BCUT2D eigenvalue weighted by atomic mass is 16.7. The Kier molecular flexibility index (Phi) is 4.07. The molecule has 3 rings (SSSR count). The van der Waals surface area contributed by atoms with Crippen molar-refractivity contribution < 1.29 is 19.4 Å². The molecule has 0 radical (unpaired) electrons. The molecule has 2 atom stereocenters. The molecule has 2 aliphatic rings. The van der Waals surface area contributed by atoms with Crippen molar-refractivity contribution in [2.24, 2.45) is 5.92 Å². The van der Waals surface area contributed by atoms with Crippen LogP contribution in [-0.2, 0) is 10.4 Å². The third-order valence-corrected chi connectivity index (χ3v) is 4.24. The Morgan fingerprint density at radius 2 is 2.18 bits per heavy atom. The van der Waals surface area contributed by atoms with E-state index in [0.29, 0.717) is 17.1 Å². The number of allylic oxidation sites excluding steroid dienone is 2.